The maximum atomic E-state index is 10.7. The van der Waals surface area contributed by atoms with Crippen molar-refractivity contribution in [3.8, 4) is 0 Å². The maximum absolute atomic E-state index is 10.7. The van der Waals surface area contributed by atoms with Crippen LogP contribution in [0.4, 0.5) is 4.79 Å². The highest BCUT2D eigenvalue weighted by Gasteiger charge is 2.04. The lowest BCUT2D eigenvalue weighted by atomic mass is 10.4. The van der Waals surface area contributed by atoms with E-state index in [0.717, 1.165) is 6.42 Å². The lowest BCUT2D eigenvalue weighted by Crippen LogP contribution is -2.26. The van der Waals surface area contributed by atoms with Gasteiger partial charge in [-0.2, -0.15) is 0 Å². The standard InChI is InChI=1S/C7H13NO2/c1-4-5-6-8(2)7(9)10-3/h4H,1,5-6H2,2-3H3. The number of hydrogen-bond acceptors (Lipinski definition) is 2. The van der Waals surface area contributed by atoms with Gasteiger partial charge in [0.1, 0.15) is 0 Å². The summed E-state index contributed by atoms with van der Waals surface area (Å²) in [6.07, 6.45) is 2.26. The molecule has 58 valence electrons. The highest BCUT2D eigenvalue weighted by atomic mass is 16.5. The van der Waals surface area contributed by atoms with Crippen LogP contribution in [0.25, 0.3) is 0 Å². The molecule has 0 radical (unpaired) electrons. The van der Waals surface area contributed by atoms with Crippen molar-refractivity contribution in [3.63, 3.8) is 0 Å². The molecule has 0 aliphatic rings. The zero-order chi connectivity index (χ0) is 7.98. The van der Waals surface area contributed by atoms with E-state index in [9.17, 15) is 4.79 Å². The zero-order valence-electron chi connectivity index (χ0n) is 6.46. The van der Waals surface area contributed by atoms with Gasteiger partial charge in [-0.05, 0) is 6.42 Å². The Labute approximate surface area is 61.3 Å². The number of carbonyl (C=O) groups excluding carboxylic acids is 1. The predicted molar refractivity (Wildman–Crippen MR) is 39.8 cm³/mol. The van der Waals surface area contributed by atoms with Gasteiger partial charge >= 0.3 is 6.09 Å². The van der Waals surface area contributed by atoms with E-state index in [2.05, 4.69) is 11.3 Å². The van der Waals surface area contributed by atoms with E-state index in [1.165, 1.54) is 12.0 Å². The molecule has 0 rings (SSSR count). The lowest BCUT2D eigenvalue weighted by Gasteiger charge is -2.13. The first-order valence-electron chi connectivity index (χ1n) is 3.12. The van der Waals surface area contributed by atoms with Gasteiger partial charge in [0.25, 0.3) is 0 Å². The number of nitrogens with zero attached hydrogens (tertiary/aromatic N) is 1. The van der Waals surface area contributed by atoms with E-state index in [4.69, 9.17) is 0 Å². The SMILES string of the molecule is C=CCCN(C)C(=O)OC. The van der Waals surface area contributed by atoms with Crippen LogP contribution in [0.3, 0.4) is 0 Å². The topological polar surface area (TPSA) is 29.5 Å². The molecule has 0 aromatic heterocycles. The first kappa shape index (κ1) is 9.01. The fourth-order valence-corrected chi connectivity index (χ4v) is 0.532. The van der Waals surface area contributed by atoms with E-state index in [-0.39, 0.29) is 6.09 Å². The monoisotopic (exact) mass is 143 g/mol. The van der Waals surface area contributed by atoms with Crippen LogP contribution < -0.4 is 0 Å². The molecular weight excluding hydrogens is 130 g/mol. The second-order valence-corrected chi connectivity index (χ2v) is 1.97. The lowest BCUT2D eigenvalue weighted by molar-refractivity contribution is 0.134. The molecule has 0 atom stereocenters. The van der Waals surface area contributed by atoms with Crippen LogP contribution in [-0.2, 0) is 4.74 Å². The van der Waals surface area contributed by atoms with Gasteiger partial charge in [0.05, 0.1) is 7.11 Å². The molecule has 0 saturated heterocycles. The Morgan fingerprint density at radius 2 is 2.40 bits per heavy atom. The molecule has 0 unspecified atom stereocenters. The number of rotatable bonds is 3. The van der Waals surface area contributed by atoms with Crippen molar-refractivity contribution < 1.29 is 9.53 Å². The van der Waals surface area contributed by atoms with E-state index >= 15 is 0 Å². The van der Waals surface area contributed by atoms with Crippen molar-refractivity contribution >= 4 is 6.09 Å². The molecule has 0 aromatic rings. The van der Waals surface area contributed by atoms with Crippen LogP contribution in [0.2, 0.25) is 0 Å². The van der Waals surface area contributed by atoms with Crippen LogP contribution in [0.1, 0.15) is 6.42 Å². The highest BCUT2D eigenvalue weighted by Crippen LogP contribution is 1.90. The van der Waals surface area contributed by atoms with Crippen molar-refractivity contribution in [1.29, 1.82) is 0 Å². The second-order valence-electron chi connectivity index (χ2n) is 1.97. The Morgan fingerprint density at radius 1 is 1.80 bits per heavy atom. The summed E-state index contributed by atoms with van der Waals surface area (Å²) in [7, 11) is 3.06. The fraction of sp³-hybridized carbons (Fsp3) is 0.571. The molecule has 0 spiro atoms. The number of methoxy groups -OCH3 is 1. The quantitative estimate of drug-likeness (QED) is 0.556. The van der Waals surface area contributed by atoms with Gasteiger partial charge in [-0.1, -0.05) is 6.08 Å². The summed E-state index contributed by atoms with van der Waals surface area (Å²) in [6.45, 7) is 4.20. The van der Waals surface area contributed by atoms with E-state index in [1.807, 2.05) is 0 Å². The van der Waals surface area contributed by atoms with Crippen LogP contribution in [0, 0.1) is 0 Å². The minimum absolute atomic E-state index is 0.304. The van der Waals surface area contributed by atoms with Gasteiger partial charge in [0.2, 0.25) is 0 Å². The molecule has 1 amide bonds. The van der Waals surface area contributed by atoms with Gasteiger partial charge < -0.3 is 9.64 Å². The molecule has 0 fully saturated rings. The first-order valence-corrected chi connectivity index (χ1v) is 3.12. The van der Waals surface area contributed by atoms with Crippen molar-refractivity contribution in [2.75, 3.05) is 20.7 Å². The largest absolute Gasteiger partial charge is 0.453 e. The molecule has 0 bridgehead atoms. The highest BCUT2D eigenvalue weighted by molar-refractivity contribution is 5.66. The van der Waals surface area contributed by atoms with E-state index in [1.54, 1.807) is 13.1 Å². The van der Waals surface area contributed by atoms with Crippen molar-refractivity contribution in [2.24, 2.45) is 0 Å². The Morgan fingerprint density at radius 3 is 2.80 bits per heavy atom. The molecule has 10 heavy (non-hydrogen) atoms. The number of hydrogen-bond donors (Lipinski definition) is 0. The first-order chi connectivity index (χ1) is 4.72. The molecule has 0 N–H and O–H groups in total. The van der Waals surface area contributed by atoms with Gasteiger partial charge in [-0.15, -0.1) is 6.58 Å². The Hall–Kier alpha value is -0.990. The molecule has 0 aromatic carbocycles. The van der Waals surface area contributed by atoms with Crippen molar-refractivity contribution in [3.05, 3.63) is 12.7 Å². The molecular formula is C7H13NO2. The van der Waals surface area contributed by atoms with Crippen molar-refractivity contribution in [1.82, 2.24) is 4.90 Å². The summed E-state index contributed by atoms with van der Waals surface area (Å²) < 4.78 is 4.46. The molecule has 0 aliphatic carbocycles. The molecule has 0 saturated carbocycles. The Balaban J connectivity index is 3.50. The normalized spacial score (nSPS) is 8.60. The van der Waals surface area contributed by atoms with Crippen LogP contribution in [0.15, 0.2) is 12.7 Å². The Bertz CT molecular complexity index is 123. The second kappa shape index (κ2) is 4.85. The number of amides is 1. The third-order valence-corrected chi connectivity index (χ3v) is 1.15. The minimum atomic E-state index is -0.304. The number of ether oxygens (including phenoxy) is 1. The van der Waals surface area contributed by atoms with Gasteiger partial charge in [0, 0.05) is 13.6 Å². The number of carbonyl (C=O) groups is 1. The average Bonchev–Trinajstić information content (AvgIpc) is 1.98. The predicted octanol–water partition coefficient (Wildman–Crippen LogP) is 1.26. The van der Waals surface area contributed by atoms with E-state index < -0.39 is 0 Å². The maximum Gasteiger partial charge on any atom is 0.409 e. The molecule has 3 heteroatoms. The molecule has 0 heterocycles. The van der Waals surface area contributed by atoms with Gasteiger partial charge in [0.15, 0.2) is 0 Å². The average molecular weight is 143 g/mol. The summed E-state index contributed by atoms with van der Waals surface area (Å²) in [5, 5.41) is 0. The molecule has 3 nitrogen and oxygen atoms in total. The zero-order valence-corrected chi connectivity index (χ0v) is 6.46. The van der Waals surface area contributed by atoms with Crippen LogP contribution >= 0.6 is 0 Å². The Kier molecular flexibility index (Phi) is 4.37. The van der Waals surface area contributed by atoms with Gasteiger partial charge in [-0.3, -0.25) is 0 Å². The van der Waals surface area contributed by atoms with E-state index in [0.29, 0.717) is 6.54 Å². The summed E-state index contributed by atoms with van der Waals surface area (Å²) in [6, 6.07) is 0. The smallest absolute Gasteiger partial charge is 0.409 e. The summed E-state index contributed by atoms with van der Waals surface area (Å²) >= 11 is 0. The third kappa shape index (κ3) is 3.12. The van der Waals surface area contributed by atoms with Crippen LogP contribution in [0.5, 0.6) is 0 Å². The summed E-state index contributed by atoms with van der Waals surface area (Å²) in [5.41, 5.74) is 0. The van der Waals surface area contributed by atoms with Gasteiger partial charge in [-0.25, -0.2) is 4.79 Å². The van der Waals surface area contributed by atoms with Crippen LogP contribution in [-0.4, -0.2) is 31.7 Å². The summed E-state index contributed by atoms with van der Waals surface area (Å²) in [4.78, 5) is 12.2. The van der Waals surface area contributed by atoms with Crippen molar-refractivity contribution in [2.45, 2.75) is 6.42 Å². The minimum Gasteiger partial charge on any atom is -0.453 e. The third-order valence-electron chi connectivity index (χ3n) is 1.15. The molecule has 0 aliphatic heterocycles. The fourth-order valence-electron chi connectivity index (χ4n) is 0.532. The summed E-state index contributed by atoms with van der Waals surface area (Å²) in [5.74, 6) is 0.